The number of nitrogens with one attached hydrogen (secondary N) is 1. The molecule has 0 aliphatic carbocycles. The lowest BCUT2D eigenvalue weighted by Gasteiger charge is -2.20. The lowest BCUT2D eigenvalue weighted by Crippen LogP contribution is -2.26. The smallest absolute Gasteiger partial charge is 0.123 e. The Hall–Kier alpha value is -1.68. The summed E-state index contributed by atoms with van der Waals surface area (Å²) in [6, 6.07) is 9.12. The van der Waals surface area contributed by atoms with Gasteiger partial charge in [0.25, 0.3) is 0 Å². The molecule has 0 amide bonds. The molecule has 0 fully saturated rings. The molecule has 1 aromatic heterocycles. The van der Waals surface area contributed by atoms with Crippen LogP contribution in [0.3, 0.4) is 0 Å². The van der Waals surface area contributed by atoms with Gasteiger partial charge in [0, 0.05) is 6.54 Å². The average molecular weight is 289 g/mol. The van der Waals surface area contributed by atoms with E-state index in [2.05, 4.69) is 30.3 Å². The molecule has 1 unspecified atom stereocenters. The fourth-order valence-electron chi connectivity index (χ4n) is 2.60. The first kappa shape index (κ1) is 15.7. The van der Waals surface area contributed by atoms with E-state index in [4.69, 9.17) is 0 Å². The molecule has 2 aromatic rings. The summed E-state index contributed by atoms with van der Waals surface area (Å²) in [5.41, 5.74) is 3.20. The van der Waals surface area contributed by atoms with Crippen molar-refractivity contribution in [2.24, 2.45) is 0 Å². The molecule has 1 aromatic carbocycles. The van der Waals surface area contributed by atoms with Crippen molar-refractivity contribution in [3.63, 3.8) is 0 Å². The van der Waals surface area contributed by atoms with Crippen LogP contribution in [0.5, 0.6) is 0 Å². The maximum atomic E-state index is 13.4. The normalized spacial score (nSPS) is 12.6. The SMILES string of the molecule is CCCNC(Cc1cccc(F)c1)c1cc(C)nn1CC. The Morgan fingerprint density at radius 2 is 2.10 bits per heavy atom. The molecule has 0 aliphatic heterocycles. The van der Waals surface area contributed by atoms with Crippen LogP contribution in [0.4, 0.5) is 4.39 Å². The quantitative estimate of drug-likeness (QED) is 0.843. The van der Waals surface area contributed by atoms with Gasteiger partial charge in [-0.2, -0.15) is 5.10 Å². The van der Waals surface area contributed by atoms with Crippen molar-refractivity contribution in [2.45, 2.75) is 46.2 Å². The van der Waals surface area contributed by atoms with Gasteiger partial charge in [0.2, 0.25) is 0 Å². The summed E-state index contributed by atoms with van der Waals surface area (Å²) in [4.78, 5) is 0. The van der Waals surface area contributed by atoms with Crippen LogP contribution in [0.1, 0.15) is 43.3 Å². The van der Waals surface area contributed by atoms with Crippen LogP contribution in [-0.4, -0.2) is 16.3 Å². The minimum atomic E-state index is -0.179. The molecule has 114 valence electrons. The highest BCUT2D eigenvalue weighted by Crippen LogP contribution is 2.20. The summed E-state index contributed by atoms with van der Waals surface area (Å²) in [5, 5.41) is 8.08. The first-order valence-electron chi connectivity index (χ1n) is 7.66. The van der Waals surface area contributed by atoms with Crippen molar-refractivity contribution >= 4 is 0 Å². The zero-order valence-electron chi connectivity index (χ0n) is 13.1. The summed E-state index contributed by atoms with van der Waals surface area (Å²) >= 11 is 0. The molecule has 0 aliphatic rings. The third kappa shape index (κ3) is 4.14. The predicted octanol–water partition coefficient (Wildman–Crippen LogP) is 3.63. The van der Waals surface area contributed by atoms with Gasteiger partial charge in [0.1, 0.15) is 5.82 Å². The van der Waals surface area contributed by atoms with Crippen LogP contribution in [0.25, 0.3) is 0 Å². The van der Waals surface area contributed by atoms with Gasteiger partial charge in [-0.1, -0.05) is 19.1 Å². The zero-order chi connectivity index (χ0) is 15.2. The van der Waals surface area contributed by atoms with Crippen LogP contribution < -0.4 is 5.32 Å². The minimum Gasteiger partial charge on any atom is -0.308 e. The molecule has 21 heavy (non-hydrogen) atoms. The third-order valence-corrected chi connectivity index (χ3v) is 3.56. The Labute approximate surface area is 126 Å². The molecular formula is C17H24FN3. The van der Waals surface area contributed by atoms with Crippen molar-refractivity contribution in [3.8, 4) is 0 Å². The van der Waals surface area contributed by atoms with E-state index in [0.717, 1.165) is 37.2 Å². The summed E-state index contributed by atoms with van der Waals surface area (Å²) in [6.07, 6.45) is 1.84. The molecule has 0 radical (unpaired) electrons. The first-order valence-corrected chi connectivity index (χ1v) is 7.66. The molecule has 0 spiro atoms. The van der Waals surface area contributed by atoms with Gasteiger partial charge >= 0.3 is 0 Å². The average Bonchev–Trinajstić information content (AvgIpc) is 2.84. The molecule has 1 atom stereocenters. The van der Waals surface area contributed by atoms with E-state index < -0.39 is 0 Å². The van der Waals surface area contributed by atoms with Gasteiger partial charge in [-0.3, -0.25) is 4.68 Å². The zero-order valence-corrected chi connectivity index (χ0v) is 13.1. The van der Waals surface area contributed by atoms with Gasteiger partial charge in [-0.05, 0) is 57.0 Å². The van der Waals surface area contributed by atoms with Crippen LogP contribution in [0, 0.1) is 12.7 Å². The number of aryl methyl sites for hydroxylation is 2. The highest BCUT2D eigenvalue weighted by Gasteiger charge is 2.17. The number of halogens is 1. The molecule has 4 heteroatoms. The fourth-order valence-corrected chi connectivity index (χ4v) is 2.60. The second-order valence-corrected chi connectivity index (χ2v) is 5.37. The Morgan fingerprint density at radius 1 is 1.29 bits per heavy atom. The van der Waals surface area contributed by atoms with Gasteiger partial charge in [-0.25, -0.2) is 4.39 Å². The lowest BCUT2D eigenvalue weighted by molar-refractivity contribution is 0.477. The van der Waals surface area contributed by atoms with Crippen LogP contribution >= 0.6 is 0 Å². The van der Waals surface area contributed by atoms with Crippen molar-refractivity contribution in [3.05, 3.63) is 53.1 Å². The van der Waals surface area contributed by atoms with Crippen molar-refractivity contribution < 1.29 is 4.39 Å². The van der Waals surface area contributed by atoms with Gasteiger partial charge < -0.3 is 5.32 Å². The Kier molecular flexibility index (Phi) is 5.51. The Balaban J connectivity index is 2.25. The summed E-state index contributed by atoms with van der Waals surface area (Å²) in [7, 11) is 0. The second kappa shape index (κ2) is 7.36. The van der Waals surface area contributed by atoms with Gasteiger partial charge in [-0.15, -0.1) is 0 Å². The van der Waals surface area contributed by atoms with E-state index >= 15 is 0 Å². The number of hydrogen-bond donors (Lipinski definition) is 1. The Morgan fingerprint density at radius 3 is 2.76 bits per heavy atom. The number of rotatable bonds is 7. The molecule has 0 bridgehead atoms. The topological polar surface area (TPSA) is 29.9 Å². The largest absolute Gasteiger partial charge is 0.308 e. The second-order valence-electron chi connectivity index (χ2n) is 5.37. The van der Waals surface area contributed by atoms with Crippen LogP contribution in [0.15, 0.2) is 30.3 Å². The van der Waals surface area contributed by atoms with Crippen LogP contribution in [0.2, 0.25) is 0 Å². The fraction of sp³-hybridized carbons (Fsp3) is 0.471. The first-order chi connectivity index (χ1) is 10.1. The van der Waals surface area contributed by atoms with E-state index in [0.29, 0.717) is 0 Å². The lowest BCUT2D eigenvalue weighted by atomic mass is 10.0. The maximum absolute atomic E-state index is 13.4. The van der Waals surface area contributed by atoms with Crippen molar-refractivity contribution in [1.82, 2.24) is 15.1 Å². The van der Waals surface area contributed by atoms with E-state index in [-0.39, 0.29) is 11.9 Å². The molecule has 0 saturated heterocycles. The minimum absolute atomic E-state index is 0.160. The summed E-state index contributed by atoms with van der Waals surface area (Å²) in [6.45, 7) is 8.03. The molecule has 3 nitrogen and oxygen atoms in total. The highest BCUT2D eigenvalue weighted by molar-refractivity contribution is 5.21. The Bertz CT molecular complexity index is 577. The number of benzene rings is 1. The van der Waals surface area contributed by atoms with E-state index in [1.807, 2.05) is 17.7 Å². The summed E-state index contributed by atoms with van der Waals surface area (Å²) in [5.74, 6) is -0.179. The highest BCUT2D eigenvalue weighted by atomic mass is 19.1. The van der Waals surface area contributed by atoms with E-state index in [1.165, 1.54) is 11.8 Å². The molecule has 1 heterocycles. The van der Waals surface area contributed by atoms with E-state index in [1.54, 1.807) is 12.1 Å². The molecule has 2 rings (SSSR count). The van der Waals surface area contributed by atoms with Crippen molar-refractivity contribution in [1.29, 1.82) is 0 Å². The molecular weight excluding hydrogens is 265 g/mol. The maximum Gasteiger partial charge on any atom is 0.123 e. The number of hydrogen-bond acceptors (Lipinski definition) is 2. The number of nitrogens with zero attached hydrogens (tertiary/aromatic N) is 2. The van der Waals surface area contributed by atoms with Crippen molar-refractivity contribution in [2.75, 3.05) is 6.54 Å². The molecule has 0 saturated carbocycles. The van der Waals surface area contributed by atoms with E-state index in [9.17, 15) is 4.39 Å². The predicted molar refractivity (Wildman–Crippen MR) is 83.8 cm³/mol. The van der Waals surface area contributed by atoms with Gasteiger partial charge in [0.15, 0.2) is 0 Å². The molecule has 1 N–H and O–H groups in total. The number of aromatic nitrogens is 2. The summed E-state index contributed by atoms with van der Waals surface area (Å²) < 4.78 is 15.4. The standard InChI is InChI=1S/C17H24FN3/c1-4-9-19-16(12-14-7-6-8-15(18)11-14)17-10-13(3)20-21(17)5-2/h6-8,10-11,16,19H,4-5,9,12H2,1-3H3. The van der Waals surface area contributed by atoms with Crippen LogP contribution in [-0.2, 0) is 13.0 Å². The van der Waals surface area contributed by atoms with Gasteiger partial charge in [0.05, 0.1) is 17.4 Å². The monoisotopic (exact) mass is 289 g/mol. The third-order valence-electron chi connectivity index (χ3n) is 3.56.